The van der Waals surface area contributed by atoms with Crippen LogP contribution in [0.3, 0.4) is 0 Å². The molecule has 0 aliphatic heterocycles. The van der Waals surface area contributed by atoms with Gasteiger partial charge in [-0.2, -0.15) is 0 Å². The third-order valence-corrected chi connectivity index (χ3v) is 3.99. The van der Waals surface area contributed by atoms with Crippen LogP contribution >= 0.6 is 0 Å². The largest absolute Gasteiger partial charge is 0.293 e. The molecule has 1 aromatic heterocycles. The van der Waals surface area contributed by atoms with E-state index in [4.69, 9.17) is 0 Å². The molecule has 0 aliphatic carbocycles. The summed E-state index contributed by atoms with van der Waals surface area (Å²) < 4.78 is 26.2. The van der Waals surface area contributed by atoms with Crippen molar-refractivity contribution in [2.45, 2.75) is 11.8 Å². The normalized spacial score (nSPS) is 11.1. The zero-order chi connectivity index (χ0) is 15.3. The van der Waals surface area contributed by atoms with E-state index < -0.39 is 22.5 Å². The van der Waals surface area contributed by atoms with Crippen molar-refractivity contribution >= 4 is 21.9 Å². The van der Waals surface area contributed by atoms with Gasteiger partial charge in [0.25, 0.3) is 0 Å². The Morgan fingerprint density at radius 2 is 1.76 bits per heavy atom. The molecule has 21 heavy (non-hydrogen) atoms. The minimum Gasteiger partial charge on any atom is -0.293 e. The fourth-order valence-corrected chi connectivity index (χ4v) is 2.48. The average molecular weight is 306 g/mol. The summed E-state index contributed by atoms with van der Waals surface area (Å²) in [6.45, 7) is 1.46. The molecule has 7 nitrogen and oxygen atoms in total. The highest BCUT2D eigenvalue weighted by Crippen LogP contribution is 2.09. The summed E-state index contributed by atoms with van der Waals surface area (Å²) in [6, 6.07) is 7.94. The van der Waals surface area contributed by atoms with Gasteiger partial charge in [-0.3, -0.25) is 10.1 Å². The molecule has 1 aromatic carbocycles. The fourth-order valence-electron chi connectivity index (χ4n) is 1.49. The van der Waals surface area contributed by atoms with Gasteiger partial charge >= 0.3 is 0 Å². The Hall–Kier alpha value is -2.32. The van der Waals surface area contributed by atoms with Crippen LogP contribution in [0.2, 0.25) is 0 Å². The average Bonchev–Trinajstić information content (AvgIpc) is 2.47. The molecule has 0 bridgehead atoms. The molecule has 1 heterocycles. The van der Waals surface area contributed by atoms with E-state index in [1.165, 1.54) is 24.5 Å². The van der Waals surface area contributed by atoms with Crippen molar-refractivity contribution in [2.75, 3.05) is 11.9 Å². The number of benzene rings is 1. The molecule has 0 unspecified atom stereocenters. The summed E-state index contributed by atoms with van der Waals surface area (Å²) in [6.07, 6.45) is 2.94. The lowest BCUT2D eigenvalue weighted by molar-refractivity contribution is -0.115. The quantitative estimate of drug-likeness (QED) is 0.847. The van der Waals surface area contributed by atoms with Crippen LogP contribution < -0.4 is 10.0 Å². The minimum absolute atomic E-state index is 0.108. The highest BCUT2D eigenvalue weighted by Gasteiger charge is 2.15. The van der Waals surface area contributed by atoms with Crippen LogP contribution in [0.15, 0.2) is 47.6 Å². The highest BCUT2D eigenvalue weighted by atomic mass is 32.2. The lowest BCUT2D eigenvalue weighted by Gasteiger charge is -2.07. The van der Waals surface area contributed by atoms with Crippen molar-refractivity contribution in [3.8, 4) is 0 Å². The van der Waals surface area contributed by atoms with E-state index >= 15 is 0 Å². The van der Waals surface area contributed by atoms with Gasteiger partial charge in [0.05, 0.1) is 11.4 Å². The summed E-state index contributed by atoms with van der Waals surface area (Å²) in [5, 5.41) is 2.39. The van der Waals surface area contributed by atoms with Gasteiger partial charge < -0.3 is 0 Å². The van der Waals surface area contributed by atoms with Gasteiger partial charge in [-0.1, -0.05) is 17.7 Å². The maximum atomic E-state index is 12.0. The molecule has 0 fully saturated rings. The number of amides is 1. The number of hydrogen-bond acceptors (Lipinski definition) is 5. The summed E-state index contributed by atoms with van der Waals surface area (Å²) in [7, 11) is -3.72. The van der Waals surface area contributed by atoms with E-state index in [0.717, 1.165) is 5.56 Å². The van der Waals surface area contributed by atoms with Gasteiger partial charge in [0, 0.05) is 12.4 Å². The molecule has 0 spiro atoms. The second-order valence-electron chi connectivity index (χ2n) is 4.26. The summed E-state index contributed by atoms with van der Waals surface area (Å²) >= 11 is 0. The third-order valence-electron chi connectivity index (χ3n) is 2.57. The first-order valence-corrected chi connectivity index (χ1v) is 7.59. The molecule has 0 aliphatic rings. The van der Waals surface area contributed by atoms with Gasteiger partial charge in [0.1, 0.15) is 0 Å². The SMILES string of the molecule is Cc1ccc(S(=O)(=O)NCC(=O)Nc2ncccn2)cc1. The van der Waals surface area contributed by atoms with Crippen molar-refractivity contribution in [3.63, 3.8) is 0 Å². The highest BCUT2D eigenvalue weighted by molar-refractivity contribution is 7.89. The Kier molecular flexibility index (Phi) is 4.61. The van der Waals surface area contributed by atoms with Gasteiger partial charge in [-0.25, -0.2) is 23.1 Å². The Labute approximate surface area is 122 Å². The molecule has 0 radical (unpaired) electrons. The number of nitrogens with one attached hydrogen (secondary N) is 2. The Morgan fingerprint density at radius 1 is 1.14 bits per heavy atom. The Morgan fingerprint density at radius 3 is 2.38 bits per heavy atom. The van der Waals surface area contributed by atoms with Gasteiger partial charge in [0.15, 0.2) is 0 Å². The van der Waals surface area contributed by atoms with Crippen LogP contribution in [-0.2, 0) is 14.8 Å². The molecular weight excluding hydrogens is 292 g/mol. The second-order valence-corrected chi connectivity index (χ2v) is 6.03. The third kappa shape index (κ3) is 4.33. The zero-order valence-corrected chi connectivity index (χ0v) is 12.1. The number of hydrogen-bond donors (Lipinski definition) is 2. The number of rotatable bonds is 5. The Bertz CT molecular complexity index is 715. The van der Waals surface area contributed by atoms with Crippen molar-refractivity contribution in [2.24, 2.45) is 0 Å². The predicted molar refractivity (Wildman–Crippen MR) is 77.0 cm³/mol. The van der Waals surface area contributed by atoms with Gasteiger partial charge in [0.2, 0.25) is 21.9 Å². The molecule has 0 saturated carbocycles. The van der Waals surface area contributed by atoms with E-state index in [-0.39, 0.29) is 10.8 Å². The number of aromatic nitrogens is 2. The second kappa shape index (κ2) is 6.42. The van der Waals surface area contributed by atoms with E-state index in [0.29, 0.717) is 0 Å². The van der Waals surface area contributed by atoms with Crippen molar-refractivity contribution in [1.82, 2.24) is 14.7 Å². The first kappa shape index (κ1) is 15.1. The number of carbonyl (C=O) groups excluding carboxylic acids is 1. The predicted octanol–water partition coefficient (Wildman–Crippen LogP) is 0.702. The topological polar surface area (TPSA) is 101 Å². The van der Waals surface area contributed by atoms with E-state index in [9.17, 15) is 13.2 Å². The standard InChI is InChI=1S/C13H14N4O3S/c1-10-3-5-11(6-4-10)21(19,20)16-9-12(18)17-13-14-7-2-8-15-13/h2-8,16H,9H2,1H3,(H,14,15,17,18). The first-order valence-electron chi connectivity index (χ1n) is 6.10. The first-order chi connectivity index (χ1) is 9.97. The molecule has 2 rings (SSSR count). The van der Waals surface area contributed by atoms with Crippen molar-refractivity contribution in [1.29, 1.82) is 0 Å². The van der Waals surface area contributed by atoms with Gasteiger partial charge in [-0.05, 0) is 25.1 Å². The maximum Gasteiger partial charge on any atom is 0.241 e. The molecule has 110 valence electrons. The molecule has 8 heteroatoms. The molecule has 1 amide bonds. The monoisotopic (exact) mass is 306 g/mol. The van der Waals surface area contributed by atoms with Crippen molar-refractivity contribution < 1.29 is 13.2 Å². The lowest BCUT2D eigenvalue weighted by atomic mass is 10.2. The molecule has 0 saturated heterocycles. The van der Waals surface area contributed by atoms with Crippen LogP contribution in [0.1, 0.15) is 5.56 Å². The van der Waals surface area contributed by atoms with Gasteiger partial charge in [-0.15, -0.1) is 0 Å². The zero-order valence-electron chi connectivity index (χ0n) is 11.3. The van der Waals surface area contributed by atoms with E-state index in [1.807, 2.05) is 6.92 Å². The van der Waals surface area contributed by atoms with Crippen molar-refractivity contribution in [3.05, 3.63) is 48.3 Å². The number of anilines is 1. The summed E-state index contributed by atoms with van der Waals surface area (Å²) in [5.74, 6) is -0.422. The van der Waals surface area contributed by atoms with Crippen LogP contribution in [0.4, 0.5) is 5.95 Å². The number of aryl methyl sites for hydroxylation is 1. The number of nitrogens with zero attached hydrogens (tertiary/aromatic N) is 2. The Balaban J connectivity index is 1.95. The smallest absolute Gasteiger partial charge is 0.241 e. The van der Waals surface area contributed by atoms with Crippen LogP contribution in [-0.4, -0.2) is 30.8 Å². The maximum absolute atomic E-state index is 12.0. The fraction of sp³-hybridized carbons (Fsp3) is 0.154. The van der Waals surface area contributed by atoms with Crippen LogP contribution in [0.25, 0.3) is 0 Å². The molecule has 0 atom stereocenters. The minimum atomic E-state index is -3.72. The van der Waals surface area contributed by atoms with E-state index in [1.54, 1.807) is 18.2 Å². The number of carbonyl (C=O) groups is 1. The van der Waals surface area contributed by atoms with Crippen LogP contribution in [0.5, 0.6) is 0 Å². The summed E-state index contributed by atoms with van der Waals surface area (Å²) in [5.41, 5.74) is 0.952. The van der Waals surface area contributed by atoms with E-state index in [2.05, 4.69) is 20.0 Å². The molecule has 2 aromatic rings. The molecular formula is C13H14N4O3S. The number of sulfonamides is 1. The molecule has 2 N–H and O–H groups in total. The van der Waals surface area contributed by atoms with Crippen LogP contribution in [0, 0.1) is 6.92 Å². The lowest BCUT2D eigenvalue weighted by Crippen LogP contribution is -2.33. The summed E-state index contributed by atoms with van der Waals surface area (Å²) in [4.78, 5) is 19.4.